The number of hydrogen-bond acceptors (Lipinski definition) is 4. The monoisotopic (exact) mass is 394 g/mol. The van der Waals surface area contributed by atoms with Gasteiger partial charge < -0.3 is 5.32 Å². The van der Waals surface area contributed by atoms with Crippen LogP contribution in [0.4, 0.5) is 10.1 Å². The van der Waals surface area contributed by atoms with Crippen LogP contribution in [0.2, 0.25) is 0 Å². The Balaban J connectivity index is 1.70. The molecule has 1 aromatic carbocycles. The number of amides is 1. The number of nitrogens with one attached hydrogen (secondary N) is 1. The zero-order valence-corrected chi connectivity index (χ0v) is 16.2. The average Bonchev–Trinajstić information content (AvgIpc) is 3.22. The zero-order valence-electron chi connectivity index (χ0n) is 15.4. The molecule has 27 heavy (non-hydrogen) atoms. The first-order chi connectivity index (χ1) is 12.8. The molecule has 7 nitrogen and oxygen atoms in total. The molecule has 1 amide bonds. The topological polar surface area (TPSA) is 84.3 Å². The molecule has 1 fully saturated rings. The smallest absolute Gasteiger partial charge is 0.246 e. The van der Waals surface area contributed by atoms with Gasteiger partial charge in [-0.1, -0.05) is 6.07 Å². The predicted molar refractivity (Wildman–Crippen MR) is 99.3 cm³/mol. The minimum atomic E-state index is -3.56. The van der Waals surface area contributed by atoms with Crippen LogP contribution in [0.3, 0.4) is 0 Å². The van der Waals surface area contributed by atoms with Crippen LogP contribution in [-0.2, 0) is 21.4 Å². The Labute approximate surface area is 158 Å². The maximum absolute atomic E-state index is 13.2. The molecule has 2 heterocycles. The molecule has 0 radical (unpaired) electrons. The van der Waals surface area contributed by atoms with Crippen molar-refractivity contribution < 1.29 is 17.6 Å². The number of rotatable bonds is 6. The summed E-state index contributed by atoms with van der Waals surface area (Å²) in [5.74, 6) is -0.722. The van der Waals surface area contributed by atoms with Crippen LogP contribution in [0.1, 0.15) is 30.7 Å². The standard InChI is InChI=1S/C18H23FN4O3S/c1-13-18(27(25,26)22-9-3-4-10-22)14(2)23(21-13)11-8-17(24)20-16-7-5-6-15(19)12-16/h5-7,12H,3-4,8-11H2,1-2H3,(H,20,24). The molecule has 1 saturated heterocycles. The Hall–Kier alpha value is -2.26. The number of aryl methyl sites for hydroxylation is 2. The van der Waals surface area contributed by atoms with Crippen molar-refractivity contribution in [2.75, 3.05) is 18.4 Å². The van der Waals surface area contributed by atoms with Crippen LogP contribution < -0.4 is 5.32 Å². The molecule has 0 bridgehead atoms. The molecular weight excluding hydrogens is 371 g/mol. The van der Waals surface area contributed by atoms with Gasteiger partial charge in [0.15, 0.2) is 0 Å². The van der Waals surface area contributed by atoms with Gasteiger partial charge in [0.2, 0.25) is 15.9 Å². The van der Waals surface area contributed by atoms with Gasteiger partial charge in [-0.05, 0) is 44.9 Å². The lowest BCUT2D eigenvalue weighted by atomic mass is 10.3. The van der Waals surface area contributed by atoms with Gasteiger partial charge in [0.25, 0.3) is 0 Å². The number of sulfonamides is 1. The molecule has 0 unspecified atom stereocenters. The fourth-order valence-corrected chi connectivity index (χ4v) is 5.22. The van der Waals surface area contributed by atoms with Crippen molar-refractivity contribution in [1.29, 1.82) is 0 Å². The molecule has 1 N–H and O–H groups in total. The third kappa shape index (κ3) is 4.19. The summed E-state index contributed by atoms with van der Waals surface area (Å²) in [6.07, 6.45) is 1.83. The number of carbonyl (C=O) groups is 1. The van der Waals surface area contributed by atoms with Crippen molar-refractivity contribution in [3.63, 3.8) is 0 Å². The van der Waals surface area contributed by atoms with E-state index in [1.807, 2.05) is 0 Å². The molecule has 1 aliphatic rings. The fraction of sp³-hybridized carbons (Fsp3) is 0.444. The van der Waals surface area contributed by atoms with E-state index >= 15 is 0 Å². The predicted octanol–water partition coefficient (Wildman–Crippen LogP) is 2.45. The minimum Gasteiger partial charge on any atom is -0.326 e. The molecule has 3 rings (SSSR count). The van der Waals surface area contributed by atoms with E-state index in [9.17, 15) is 17.6 Å². The van der Waals surface area contributed by atoms with E-state index in [0.717, 1.165) is 12.8 Å². The molecule has 0 saturated carbocycles. The van der Waals surface area contributed by atoms with Crippen LogP contribution in [-0.4, -0.2) is 41.5 Å². The van der Waals surface area contributed by atoms with Gasteiger partial charge in [-0.2, -0.15) is 9.40 Å². The average molecular weight is 394 g/mol. The number of halogens is 1. The van der Waals surface area contributed by atoms with E-state index in [-0.39, 0.29) is 23.8 Å². The van der Waals surface area contributed by atoms with Crippen molar-refractivity contribution in [1.82, 2.24) is 14.1 Å². The van der Waals surface area contributed by atoms with E-state index in [2.05, 4.69) is 10.4 Å². The lowest BCUT2D eigenvalue weighted by Gasteiger charge is -2.15. The molecule has 2 aromatic rings. The zero-order chi connectivity index (χ0) is 19.6. The summed E-state index contributed by atoms with van der Waals surface area (Å²) in [6, 6.07) is 5.66. The van der Waals surface area contributed by atoms with Crippen LogP contribution in [0.5, 0.6) is 0 Å². The highest BCUT2D eigenvalue weighted by molar-refractivity contribution is 7.89. The van der Waals surface area contributed by atoms with Gasteiger partial charge in [-0.15, -0.1) is 0 Å². The van der Waals surface area contributed by atoms with Gasteiger partial charge in [0, 0.05) is 25.2 Å². The maximum atomic E-state index is 13.2. The summed E-state index contributed by atoms with van der Waals surface area (Å²) >= 11 is 0. The molecular formula is C18H23FN4O3S. The number of benzene rings is 1. The summed E-state index contributed by atoms with van der Waals surface area (Å²) < 4.78 is 41.9. The molecule has 0 atom stereocenters. The lowest BCUT2D eigenvalue weighted by Crippen LogP contribution is -2.28. The number of carbonyl (C=O) groups excluding carboxylic acids is 1. The number of hydrogen-bond donors (Lipinski definition) is 1. The van der Waals surface area contributed by atoms with Crippen LogP contribution in [0, 0.1) is 19.7 Å². The van der Waals surface area contributed by atoms with Gasteiger partial charge in [-0.3, -0.25) is 9.48 Å². The Kier molecular flexibility index (Phi) is 5.61. The molecule has 0 spiro atoms. The summed E-state index contributed by atoms with van der Waals surface area (Å²) in [6.45, 7) is 4.67. The van der Waals surface area contributed by atoms with Gasteiger partial charge >= 0.3 is 0 Å². The number of nitrogens with zero attached hydrogens (tertiary/aromatic N) is 3. The van der Waals surface area contributed by atoms with Crippen LogP contribution >= 0.6 is 0 Å². The van der Waals surface area contributed by atoms with Crippen molar-refractivity contribution >= 4 is 21.6 Å². The quantitative estimate of drug-likeness (QED) is 0.816. The van der Waals surface area contributed by atoms with Gasteiger partial charge in [-0.25, -0.2) is 12.8 Å². The highest BCUT2D eigenvalue weighted by Gasteiger charge is 2.32. The van der Waals surface area contributed by atoms with Crippen molar-refractivity contribution in [3.05, 3.63) is 41.5 Å². The molecule has 9 heteroatoms. The van der Waals surface area contributed by atoms with E-state index in [4.69, 9.17) is 0 Å². The Morgan fingerprint density at radius 1 is 1.26 bits per heavy atom. The highest BCUT2D eigenvalue weighted by Crippen LogP contribution is 2.26. The summed E-state index contributed by atoms with van der Waals surface area (Å²) in [5, 5.41) is 6.93. The van der Waals surface area contributed by atoms with Crippen LogP contribution in [0.25, 0.3) is 0 Å². The molecule has 146 valence electrons. The molecule has 0 aliphatic carbocycles. The molecule has 1 aliphatic heterocycles. The first-order valence-electron chi connectivity index (χ1n) is 8.88. The summed E-state index contributed by atoms with van der Waals surface area (Å²) in [4.78, 5) is 12.3. The van der Waals surface area contributed by atoms with Crippen molar-refractivity contribution in [3.8, 4) is 0 Å². The molecule has 1 aromatic heterocycles. The fourth-order valence-electron chi connectivity index (χ4n) is 3.33. The third-order valence-electron chi connectivity index (χ3n) is 4.64. The second kappa shape index (κ2) is 7.77. The lowest BCUT2D eigenvalue weighted by molar-refractivity contribution is -0.116. The van der Waals surface area contributed by atoms with Crippen molar-refractivity contribution in [2.24, 2.45) is 0 Å². The first kappa shape index (κ1) is 19.5. The summed E-state index contributed by atoms with van der Waals surface area (Å²) in [7, 11) is -3.56. The first-order valence-corrected chi connectivity index (χ1v) is 10.3. The van der Waals surface area contributed by atoms with E-state index in [0.29, 0.717) is 30.2 Å². The largest absolute Gasteiger partial charge is 0.326 e. The number of aromatic nitrogens is 2. The van der Waals surface area contributed by atoms with E-state index in [1.54, 1.807) is 24.6 Å². The normalized spacial score (nSPS) is 15.2. The van der Waals surface area contributed by atoms with E-state index in [1.165, 1.54) is 22.5 Å². The Morgan fingerprint density at radius 3 is 2.63 bits per heavy atom. The van der Waals surface area contributed by atoms with Crippen LogP contribution in [0.15, 0.2) is 29.2 Å². The maximum Gasteiger partial charge on any atom is 0.246 e. The van der Waals surface area contributed by atoms with Gasteiger partial charge in [0.05, 0.1) is 17.9 Å². The second-order valence-corrected chi connectivity index (χ2v) is 8.52. The SMILES string of the molecule is Cc1nn(CCC(=O)Nc2cccc(F)c2)c(C)c1S(=O)(=O)N1CCCC1. The minimum absolute atomic E-state index is 0.0989. The Bertz CT molecular complexity index is 950. The van der Waals surface area contributed by atoms with Gasteiger partial charge in [0.1, 0.15) is 10.7 Å². The highest BCUT2D eigenvalue weighted by atomic mass is 32.2. The summed E-state index contributed by atoms with van der Waals surface area (Å²) in [5.41, 5.74) is 1.34. The number of anilines is 1. The second-order valence-electron chi connectivity index (χ2n) is 6.64. The Morgan fingerprint density at radius 2 is 1.96 bits per heavy atom. The van der Waals surface area contributed by atoms with E-state index < -0.39 is 15.8 Å². The van der Waals surface area contributed by atoms with Crippen molar-refractivity contribution in [2.45, 2.75) is 44.6 Å². The third-order valence-corrected chi connectivity index (χ3v) is 6.79.